The lowest BCUT2D eigenvalue weighted by atomic mass is 9.78. The van der Waals surface area contributed by atoms with E-state index in [1.54, 1.807) is 0 Å². The van der Waals surface area contributed by atoms with Gasteiger partial charge in [-0.3, -0.25) is 9.89 Å². The topological polar surface area (TPSA) is 90.0 Å². The maximum Gasteiger partial charge on any atom is 0.491 e. The summed E-state index contributed by atoms with van der Waals surface area (Å²) in [6.07, 6.45) is 3.21. The van der Waals surface area contributed by atoms with Gasteiger partial charge in [0.2, 0.25) is 0 Å². The summed E-state index contributed by atoms with van der Waals surface area (Å²) in [5.74, 6) is 0.429. The first kappa shape index (κ1) is 19.3. The highest BCUT2D eigenvalue weighted by Crippen LogP contribution is 2.39. The number of nitrogens with one attached hydrogen (secondary N) is 1. The molecule has 0 amide bonds. The maximum absolute atomic E-state index is 11.5. The Labute approximate surface area is 161 Å². The third-order valence-electron chi connectivity index (χ3n) is 4.66. The van der Waals surface area contributed by atoms with Crippen LogP contribution >= 0.6 is 23.4 Å². The molecule has 0 bridgehead atoms. The lowest BCUT2D eigenvalue weighted by molar-refractivity contribution is -0.109. The predicted molar refractivity (Wildman–Crippen MR) is 104 cm³/mol. The summed E-state index contributed by atoms with van der Waals surface area (Å²) in [7, 11) is -0.575. The normalized spacial score (nSPS) is 19.3. The molecule has 0 aliphatic carbocycles. The molecule has 0 spiro atoms. The van der Waals surface area contributed by atoms with Crippen LogP contribution in [0.2, 0.25) is 5.15 Å². The van der Waals surface area contributed by atoms with Crippen LogP contribution in [0.4, 0.5) is 0 Å². The van der Waals surface area contributed by atoms with Crippen molar-refractivity contribution in [1.29, 1.82) is 0 Å². The van der Waals surface area contributed by atoms with Crippen LogP contribution in [0.3, 0.4) is 0 Å². The molecular formula is C16H20BClN4O3S. The first-order valence-corrected chi connectivity index (χ1v) is 9.51. The minimum atomic E-state index is -0.575. The van der Waals surface area contributed by atoms with Crippen molar-refractivity contribution in [3.8, 4) is 0 Å². The van der Waals surface area contributed by atoms with E-state index in [0.717, 1.165) is 5.47 Å². The first-order chi connectivity index (χ1) is 12.1. The van der Waals surface area contributed by atoms with Crippen molar-refractivity contribution in [2.24, 2.45) is 0 Å². The van der Waals surface area contributed by atoms with E-state index in [9.17, 15) is 4.79 Å². The van der Waals surface area contributed by atoms with E-state index in [1.807, 2.05) is 33.8 Å². The molecule has 3 heterocycles. The van der Waals surface area contributed by atoms with Crippen molar-refractivity contribution < 1.29 is 14.1 Å². The predicted octanol–water partition coefficient (Wildman–Crippen LogP) is 3.30. The van der Waals surface area contributed by atoms with Gasteiger partial charge in [0.15, 0.2) is 10.8 Å². The monoisotopic (exact) mass is 394 g/mol. The van der Waals surface area contributed by atoms with Gasteiger partial charge in [-0.05, 0) is 39.2 Å². The second-order valence-electron chi connectivity index (χ2n) is 7.09. The number of rotatable bonds is 4. The Balaban J connectivity index is 2.01. The van der Waals surface area contributed by atoms with Crippen LogP contribution in [-0.2, 0) is 14.1 Å². The van der Waals surface area contributed by atoms with E-state index in [1.165, 1.54) is 25.0 Å². The number of hydrogen-bond acceptors (Lipinski definition) is 7. The summed E-state index contributed by atoms with van der Waals surface area (Å²) in [5.41, 5.74) is 0.973. The summed E-state index contributed by atoms with van der Waals surface area (Å²) in [4.78, 5) is 19.6. The highest BCUT2D eigenvalue weighted by Gasteiger charge is 2.52. The van der Waals surface area contributed by atoms with Crippen molar-refractivity contribution in [3.63, 3.8) is 0 Å². The van der Waals surface area contributed by atoms with E-state index in [-0.39, 0.29) is 5.12 Å². The van der Waals surface area contributed by atoms with Gasteiger partial charge >= 0.3 is 7.12 Å². The number of carbonyl (C=O) groups is 1. The summed E-state index contributed by atoms with van der Waals surface area (Å²) >= 11 is 7.39. The molecule has 1 fully saturated rings. The van der Waals surface area contributed by atoms with Gasteiger partial charge in [-0.2, -0.15) is 5.10 Å². The van der Waals surface area contributed by atoms with E-state index in [0.29, 0.717) is 27.6 Å². The van der Waals surface area contributed by atoms with Crippen LogP contribution in [0, 0.1) is 0 Å². The maximum atomic E-state index is 11.5. The Morgan fingerprint density at radius 3 is 2.58 bits per heavy atom. The molecule has 0 atom stereocenters. The smallest absolute Gasteiger partial charge is 0.400 e. The molecule has 3 rings (SSSR count). The van der Waals surface area contributed by atoms with Crippen molar-refractivity contribution in [2.45, 2.75) is 45.8 Å². The van der Waals surface area contributed by atoms with E-state index in [4.69, 9.17) is 20.9 Å². The van der Waals surface area contributed by atoms with Gasteiger partial charge in [0.05, 0.1) is 22.3 Å². The van der Waals surface area contributed by atoms with Crippen LogP contribution in [0.15, 0.2) is 11.8 Å². The molecule has 1 saturated heterocycles. The summed E-state index contributed by atoms with van der Waals surface area (Å²) < 4.78 is 12.3. The minimum absolute atomic E-state index is 0.0169. The van der Waals surface area contributed by atoms with Gasteiger partial charge in [0.1, 0.15) is 11.5 Å². The minimum Gasteiger partial charge on any atom is -0.400 e. The first-order valence-electron chi connectivity index (χ1n) is 8.15. The summed E-state index contributed by atoms with van der Waals surface area (Å²) in [5, 5.41) is 8.02. The Morgan fingerprint density at radius 2 is 1.96 bits per heavy atom. The highest BCUT2D eigenvalue weighted by atomic mass is 35.5. The molecule has 1 aliphatic rings. The Hall–Kier alpha value is -1.42. The molecule has 1 aliphatic heterocycles. The second-order valence-corrected chi connectivity index (χ2v) is 8.60. The molecule has 1 N–H and O–H groups in total. The van der Waals surface area contributed by atoms with Crippen molar-refractivity contribution >= 4 is 52.7 Å². The summed E-state index contributed by atoms with van der Waals surface area (Å²) in [6, 6.07) is 0. The third kappa shape index (κ3) is 3.66. The third-order valence-corrected chi connectivity index (χ3v) is 5.83. The van der Waals surface area contributed by atoms with Gasteiger partial charge in [-0.15, -0.1) is 0 Å². The van der Waals surface area contributed by atoms with Crippen molar-refractivity contribution in [2.75, 3.05) is 5.75 Å². The van der Waals surface area contributed by atoms with Crippen LogP contribution in [0.5, 0.6) is 0 Å². The molecule has 0 aromatic carbocycles. The number of aromatic nitrogens is 4. The number of nitrogens with zero attached hydrogens (tertiary/aromatic N) is 3. The van der Waals surface area contributed by atoms with Crippen molar-refractivity contribution in [1.82, 2.24) is 20.2 Å². The molecule has 138 valence electrons. The van der Waals surface area contributed by atoms with Gasteiger partial charge < -0.3 is 9.31 Å². The second kappa shape index (κ2) is 6.96. The highest BCUT2D eigenvalue weighted by molar-refractivity contribution is 8.13. The van der Waals surface area contributed by atoms with Crippen molar-refractivity contribution in [3.05, 3.63) is 22.6 Å². The molecule has 2 aromatic heterocycles. The average molecular weight is 395 g/mol. The number of H-pyrrole nitrogens is 1. The molecule has 0 radical (unpaired) electrons. The summed E-state index contributed by atoms with van der Waals surface area (Å²) in [6.45, 7) is 9.47. The van der Waals surface area contributed by atoms with E-state index in [2.05, 4.69) is 20.2 Å². The van der Waals surface area contributed by atoms with Gasteiger partial charge in [0, 0.05) is 12.7 Å². The zero-order valence-corrected chi connectivity index (χ0v) is 16.9. The quantitative estimate of drug-likeness (QED) is 0.628. The van der Waals surface area contributed by atoms with Crippen LogP contribution < -0.4 is 0 Å². The Kier molecular flexibility index (Phi) is 5.18. The number of thioether (sulfide) groups is 1. The largest absolute Gasteiger partial charge is 0.491 e. The molecule has 2 aromatic rings. The van der Waals surface area contributed by atoms with Gasteiger partial charge in [-0.1, -0.05) is 23.4 Å². The number of aromatic amines is 1. The fourth-order valence-electron chi connectivity index (χ4n) is 2.49. The van der Waals surface area contributed by atoms with Gasteiger partial charge in [0.25, 0.3) is 0 Å². The molecule has 0 saturated carbocycles. The number of halogens is 1. The Morgan fingerprint density at radius 1 is 1.31 bits per heavy atom. The van der Waals surface area contributed by atoms with Gasteiger partial charge in [-0.25, -0.2) is 9.97 Å². The SMILES string of the molecule is CC(=O)SCC(=Cc1[nH]nc2ncnc(Cl)c12)B1OC(C)(C)C(C)(C)O1. The fourth-order valence-corrected chi connectivity index (χ4v) is 3.31. The zero-order chi connectivity index (χ0) is 19.1. The average Bonchev–Trinajstić information content (AvgIpc) is 3.03. The number of fused-ring (bicyclic) bond motifs is 1. The Bertz CT molecular complexity index is 868. The molecule has 26 heavy (non-hydrogen) atoms. The van der Waals surface area contributed by atoms with E-state index >= 15 is 0 Å². The standard InChI is InChI=1S/C16H20BClN4O3S/c1-9(23)26-7-10(17-24-15(2,3)16(4,5)25-17)6-11-12-13(18)19-8-20-14(12)22-21-11/h6,8H,7H2,1-5H3,(H,19,20,21,22). The lowest BCUT2D eigenvalue weighted by Crippen LogP contribution is -2.41. The number of hydrogen-bond donors (Lipinski definition) is 1. The fraction of sp³-hybridized carbons (Fsp3) is 0.500. The van der Waals surface area contributed by atoms with Crippen LogP contribution in [0.25, 0.3) is 17.1 Å². The molecule has 10 heteroatoms. The van der Waals surface area contributed by atoms with E-state index < -0.39 is 18.3 Å². The van der Waals surface area contributed by atoms with Crippen LogP contribution in [-0.4, -0.2) is 49.4 Å². The molecular weight excluding hydrogens is 375 g/mol. The van der Waals surface area contributed by atoms with Crippen LogP contribution in [0.1, 0.15) is 40.3 Å². The zero-order valence-electron chi connectivity index (χ0n) is 15.3. The molecule has 0 unspecified atom stereocenters. The lowest BCUT2D eigenvalue weighted by Gasteiger charge is -2.32. The number of carbonyl (C=O) groups excluding carboxylic acids is 1. The molecule has 7 nitrogen and oxygen atoms in total.